The summed E-state index contributed by atoms with van der Waals surface area (Å²) in [7, 11) is 2.02. The van der Waals surface area contributed by atoms with Crippen molar-refractivity contribution in [3.63, 3.8) is 0 Å². The maximum atomic E-state index is 6.44. The van der Waals surface area contributed by atoms with Crippen LogP contribution in [0.2, 0.25) is 5.02 Å². The molecule has 1 nitrogen and oxygen atoms in total. The van der Waals surface area contributed by atoms with Crippen molar-refractivity contribution in [3.8, 4) is 0 Å². The Morgan fingerprint density at radius 1 is 1.21 bits per heavy atom. The highest BCUT2D eigenvalue weighted by Crippen LogP contribution is 2.35. The van der Waals surface area contributed by atoms with E-state index in [9.17, 15) is 0 Å². The third kappa shape index (κ3) is 3.84. The van der Waals surface area contributed by atoms with Gasteiger partial charge in [0, 0.05) is 4.47 Å². The smallest absolute Gasteiger partial charge is 0.0599 e. The van der Waals surface area contributed by atoms with Crippen LogP contribution in [-0.2, 0) is 0 Å². The van der Waals surface area contributed by atoms with Crippen LogP contribution in [0.1, 0.15) is 50.1 Å². The van der Waals surface area contributed by atoms with E-state index in [0.29, 0.717) is 0 Å². The molecule has 0 aliphatic heterocycles. The predicted octanol–water partition coefficient (Wildman–Crippen LogP) is 5.64. The Kier molecular flexibility index (Phi) is 5.93. The number of likely N-dealkylation sites (N-methyl/N-ethyl adjacent to an activating group) is 1. The molecular weight excluding hydrogens is 322 g/mol. The number of nitrogens with one attached hydrogen (secondary N) is 1. The monoisotopic (exact) mass is 341 g/mol. The molecule has 0 spiro atoms. The number of benzene rings is 1. The molecule has 1 aromatic carbocycles. The van der Waals surface area contributed by atoms with Gasteiger partial charge in [-0.25, -0.2) is 0 Å². The highest BCUT2D eigenvalue weighted by atomic mass is 79.9. The largest absolute Gasteiger partial charge is 0.310 e. The van der Waals surface area contributed by atoms with Crippen LogP contribution in [0.5, 0.6) is 0 Å². The maximum absolute atomic E-state index is 6.44. The van der Waals surface area contributed by atoms with E-state index in [1.165, 1.54) is 49.7 Å². The second-order valence-electron chi connectivity index (χ2n) is 5.10. The average Bonchev–Trinajstić information content (AvgIpc) is 2.37. The summed E-state index contributed by atoms with van der Waals surface area (Å²) >= 11 is 9.96. The fraction of sp³-hybridized carbons (Fsp3) is 0.500. The fourth-order valence-corrected chi connectivity index (χ4v) is 3.38. The molecular formula is C16H21BrClN. The average molecular weight is 343 g/mol. The molecule has 0 bridgehead atoms. The summed E-state index contributed by atoms with van der Waals surface area (Å²) in [5.74, 6) is 0. The molecule has 3 heteroatoms. The normalized spacial score (nSPS) is 21.1. The van der Waals surface area contributed by atoms with Gasteiger partial charge in [-0.2, -0.15) is 0 Å². The number of rotatable bonds is 3. The first kappa shape index (κ1) is 15.1. The SMILES string of the molecule is CNC(/C1=C/CCCCCC1)c1cccc(Br)c1Cl. The summed E-state index contributed by atoms with van der Waals surface area (Å²) in [4.78, 5) is 0. The van der Waals surface area contributed by atoms with Gasteiger partial charge in [0.05, 0.1) is 11.1 Å². The van der Waals surface area contributed by atoms with E-state index in [0.717, 1.165) is 9.50 Å². The van der Waals surface area contributed by atoms with E-state index < -0.39 is 0 Å². The van der Waals surface area contributed by atoms with Crippen molar-refractivity contribution in [2.24, 2.45) is 0 Å². The minimum atomic E-state index is 0.239. The summed E-state index contributed by atoms with van der Waals surface area (Å²) in [5.41, 5.74) is 2.66. The third-order valence-electron chi connectivity index (χ3n) is 3.78. The summed E-state index contributed by atoms with van der Waals surface area (Å²) in [6, 6.07) is 6.40. The van der Waals surface area contributed by atoms with E-state index in [1.54, 1.807) is 0 Å². The highest BCUT2D eigenvalue weighted by molar-refractivity contribution is 9.10. The van der Waals surface area contributed by atoms with Gasteiger partial charge >= 0.3 is 0 Å². The van der Waals surface area contributed by atoms with E-state index in [2.05, 4.69) is 39.5 Å². The van der Waals surface area contributed by atoms with Gasteiger partial charge in [-0.3, -0.25) is 0 Å². The first-order chi connectivity index (χ1) is 9.24. The Morgan fingerprint density at radius 2 is 2.00 bits per heavy atom. The predicted molar refractivity (Wildman–Crippen MR) is 86.7 cm³/mol. The molecule has 0 heterocycles. The number of hydrogen-bond acceptors (Lipinski definition) is 1. The number of allylic oxidation sites excluding steroid dienone is 1. The van der Waals surface area contributed by atoms with Crippen molar-refractivity contribution in [1.82, 2.24) is 5.32 Å². The molecule has 1 aliphatic rings. The van der Waals surface area contributed by atoms with Gasteiger partial charge in [-0.05, 0) is 60.3 Å². The lowest BCUT2D eigenvalue weighted by Gasteiger charge is -2.23. The number of hydrogen-bond donors (Lipinski definition) is 1. The lowest BCUT2D eigenvalue weighted by atomic mass is 9.91. The van der Waals surface area contributed by atoms with Crippen LogP contribution < -0.4 is 5.32 Å². The zero-order valence-electron chi connectivity index (χ0n) is 11.4. The molecule has 0 saturated heterocycles. The third-order valence-corrected chi connectivity index (χ3v) is 5.09. The number of halogens is 2. The first-order valence-electron chi connectivity index (χ1n) is 7.04. The van der Waals surface area contributed by atoms with E-state index >= 15 is 0 Å². The molecule has 0 radical (unpaired) electrons. The second-order valence-corrected chi connectivity index (χ2v) is 6.33. The van der Waals surface area contributed by atoms with Crippen molar-refractivity contribution < 1.29 is 0 Å². The zero-order chi connectivity index (χ0) is 13.7. The Balaban J connectivity index is 2.30. The summed E-state index contributed by atoms with van der Waals surface area (Å²) < 4.78 is 0.971. The minimum absolute atomic E-state index is 0.239. The van der Waals surface area contributed by atoms with Crippen molar-refractivity contribution in [3.05, 3.63) is 44.9 Å². The molecule has 19 heavy (non-hydrogen) atoms. The summed E-state index contributed by atoms with van der Waals surface area (Å²) in [5, 5.41) is 4.25. The van der Waals surface area contributed by atoms with Crippen molar-refractivity contribution in [2.45, 2.75) is 44.6 Å². The molecule has 1 aromatic rings. The van der Waals surface area contributed by atoms with Gasteiger partial charge in [-0.15, -0.1) is 0 Å². The van der Waals surface area contributed by atoms with Crippen molar-refractivity contribution in [2.75, 3.05) is 7.05 Å². The standard InChI is InChI=1S/C16H21BrClN/c1-19-16(12-8-5-3-2-4-6-9-12)13-10-7-11-14(17)15(13)18/h7-8,10-11,16,19H,2-6,9H2,1H3/b12-8+. The van der Waals surface area contributed by atoms with Crippen molar-refractivity contribution >= 4 is 27.5 Å². The lowest BCUT2D eigenvalue weighted by Crippen LogP contribution is -2.19. The summed E-state index contributed by atoms with van der Waals surface area (Å²) in [6.45, 7) is 0. The quantitative estimate of drug-likeness (QED) is 0.700. The van der Waals surface area contributed by atoms with Gasteiger partial charge in [0.1, 0.15) is 0 Å². The van der Waals surface area contributed by atoms with Crippen LogP contribution >= 0.6 is 27.5 Å². The van der Waals surface area contributed by atoms with Crippen LogP contribution in [0.4, 0.5) is 0 Å². The molecule has 1 atom stereocenters. The highest BCUT2D eigenvalue weighted by Gasteiger charge is 2.18. The van der Waals surface area contributed by atoms with Gasteiger partial charge in [0.2, 0.25) is 0 Å². The van der Waals surface area contributed by atoms with Gasteiger partial charge in [-0.1, -0.05) is 48.2 Å². The van der Waals surface area contributed by atoms with Gasteiger partial charge in [0.15, 0.2) is 0 Å². The summed E-state index contributed by atoms with van der Waals surface area (Å²) in [6.07, 6.45) is 10.1. The van der Waals surface area contributed by atoms with E-state index in [1.807, 2.05) is 13.1 Å². The van der Waals surface area contributed by atoms with Crippen LogP contribution in [0.25, 0.3) is 0 Å². The molecule has 1 N–H and O–H groups in total. The molecule has 0 amide bonds. The van der Waals surface area contributed by atoms with Crippen molar-refractivity contribution in [1.29, 1.82) is 0 Å². The Labute approximate surface area is 129 Å². The molecule has 0 saturated carbocycles. The van der Waals surface area contributed by atoms with E-state index in [4.69, 9.17) is 11.6 Å². The van der Waals surface area contributed by atoms with E-state index in [-0.39, 0.29) is 6.04 Å². The topological polar surface area (TPSA) is 12.0 Å². The maximum Gasteiger partial charge on any atom is 0.0599 e. The fourth-order valence-electron chi connectivity index (χ4n) is 2.76. The molecule has 0 fully saturated rings. The Bertz CT molecular complexity index is 456. The van der Waals surface area contributed by atoms with Crippen LogP contribution in [0.3, 0.4) is 0 Å². The molecule has 2 rings (SSSR count). The van der Waals surface area contributed by atoms with Crippen LogP contribution in [-0.4, -0.2) is 7.05 Å². The van der Waals surface area contributed by atoms with Gasteiger partial charge in [0.25, 0.3) is 0 Å². The Hall–Kier alpha value is -0.310. The zero-order valence-corrected chi connectivity index (χ0v) is 13.7. The molecule has 0 aromatic heterocycles. The first-order valence-corrected chi connectivity index (χ1v) is 8.21. The molecule has 1 aliphatic carbocycles. The van der Waals surface area contributed by atoms with Crippen LogP contribution in [0.15, 0.2) is 34.3 Å². The molecule has 104 valence electrons. The van der Waals surface area contributed by atoms with Gasteiger partial charge < -0.3 is 5.32 Å². The lowest BCUT2D eigenvalue weighted by molar-refractivity contribution is 0.574. The Morgan fingerprint density at radius 3 is 2.79 bits per heavy atom. The van der Waals surface area contributed by atoms with Crippen LogP contribution in [0, 0.1) is 0 Å². The minimum Gasteiger partial charge on any atom is -0.310 e. The molecule has 1 unspecified atom stereocenters. The second kappa shape index (κ2) is 7.47.